The van der Waals surface area contributed by atoms with Crippen LogP contribution in [0.4, 0.5) is 0 Å². The van der Waals surface area contributed by atoms with Crippen molar-refractivity contribution in [3.8, 4) is 6.07 Å². The summed E-state index contributed by atoms with van der Waals surface area (Å²) >= 11 is 1.79. The molecule has 1 aromatic rings. The summed E-state index contributed by atoms with van der Waals surface area (Å²) in [4.78, 5) is 1.20. The molecular weight excluding hydrogens is 232 g/mol. The summed E-state index contributed by atoms with van der Waals surface area (Å²) < 4.78 is 5.25. The monoisotopic (exact) mass is 250 g/mol. The van der Waals surface area contributed by atoms with Gasteiger partial charge < -0.3 is 10.2 Å². The van der Waals surface area contributed by atoms with Crippen molar-refractivity contribution in [3.63, 3.8) is 0 Å². The molecule has 2 unspecified atom stereocenters. The summed E-state index contributed by atoms with van der Waals surface area (Å²) in [6.45, 7) is 1.97. The highest BCUT2D eigenvalue weighted by Gasteiger charge is 2.39. The number of hydrogen-bond donors (Lipinski definition) is 1. The Bertz CT molecular complexity index is 423. The minimum absolute atomic E-state index is 0.354. The number of furan rings is 1. The molecule has 92 valence electrons. The Morgan fingerprint density at radius 1 is 1.71 bits per heavy atom. The van der Waals surface area contributed by atoms with Crippen LogP contribution in [0, 0.1) is 24.2 Å². The molecule has 2 N–H and O–H groups in total. The van der Waals surface area contributed by atoms with Gasteiger partial charge in [-0.25, -0.2) is 0 Å². The van der Waals surface area contributed by atoms with E-state index in [1.54, 1.807) is 18.0 Å². The average molecular weight is 250 g/mol. The van der Waals surface area contributed by atoms with Crippen molar-refractivity contribution in [2.24, 2.45) is 11.7 Å². The van der Waals surface area contributed by atoms with E-state index in [1.165, 1.54) is 4.90 Å². The van der Waals surface area contributed by atoms with Crippen molar-refractivity contribution in [3.05, 3.63) is 18.1 Å². The van der Waals surface area contributed by atoms with Gasteiger partial charge in [-0.05, 0) is 43.9 Å². The highest BCUT2D eigenvalue weighted by molar-refractivity contribution is 7.99. The Morgan fingerprint density at radius 3 is 3.18 bits per heavy atom. The molecule has 2 atom stereocenters. The van der Waals surface area contributed by atoms with Gasteiger partial charge in [-0.3, -0.25) is 0 Å². The molecule has 0 aromatic carbocycles. The van der Waals surface area contributed by atoms with Crippen LogP contribution in [-0.2, 0) is 0 Å². The predicted molar refractivity (Wildman–Crippen MR) is 68.7 cm³/mol. The van der Waals surface area contributed by atoms with Gasteiger partial charge in [0.05, 0.1) is 12.3 Å². The van der Waals surface area contributed by atoms with Crippen molar-refractivity contribution in [1.29, 1.82) is 5.26 Å². The summed E-state index contributed by atoms with van der Waals surface area (Å²) in [5.74, 6) is 2.33. The second-order valence-corrected chi connectivity index (χ2v) is 5.86. The van der Waals surface area contributed by atoms with Gasteiger partial charge in [-0.15, -0.1) is 11.8 Å². The first-order valence-electron chi connectivity index (χ1n) is 6.03. The number of nitriles is 1. The van der Waals surface area contributed by atoms with Crippen LogP contribution in [0.5, 0.6) is 0 Å². The molecule has 0 spiro atoms. The normalized spacial score (nSPS) is 28.2. The second kappa shape index (κ2) is 5.16. The molecule has 1 aliphatic carbocycles. The zero-order chi connectivity index (χ0) is 12.3. The molecule has 1 saturated carbocycles. The van der Waals surface area contributed by atoms with E-state index in [4.69, 9.17) is 15.4 Å². The maximum absolute atomic E-state index is 9.13. The van der Waals surface area contributed by atoms with E-state index in [0.717, 1.165) is 37.2 Å². The molecule has 3 nitrogen and oxygen atoms in total. The molecule has 2 rings (SSSR count). The van der Waals surface area contributed by atoms with Crippen LogP contribution in [0.25, 0.3) is 0 Å². The summed E-state index contributed by atoms with van der Waals surface area (Å²) in [6, 6.07) is 4.29. The van der Waals surface area contributed by atoms with E-state index in [0.29, 0.717) is 5.92 Å². The number of thioether (sulfide) groups is 1. The molecule has 1 aliphatic rings. The van der Waals surface area contributed by atoms with Crippen LogP contribution >= 0.6 is 11.8 Å². The minimum atomic E-state index is -0.577. The van der Waals surface area contributed by atoms with Crippen LogP contribution in [0.15, 0.2) is 21.6 Å². The Hall–Kier alpha value is -0.920. The lowest BCUT2D eigenvalue weighted by atomic mass is 9.88. The first-order chi connectivity index (χ1) is 8.15. The SMILES string of the molecule is Cc1occc1SCCC1CCCC1(N)C#N. The van der Waals surface area contributed by atoms with Crippen molar-refractivity contribution in [2.75, 3.05) is 5.75 Å². The van der Waals surface area contributed by atoms with Gasteiger partial charge in [0, 0.05) is 4.90 Å². The summed E-state index contributed by atoms with van der Waals surface area (Å²) in [5.41, 5.74) is 5.53. The van der Waals surface area contributed by atoms with Crippen molar-refractivity contribution in [2.45, 2.75) is 43.0 Å². The molecule has 4 heteroatoms. The molecule has 1 fully saturated rings. The van der Waals surface area contributed by atoms with Gasteiger partial charge in [0.15, 0.2) is 0 Å². The van der Waals surface area contributed by atoms with Crippen LogP contribution in [0.3, 0.4) is 0 Å². The third-order valence-corrected chi connectivity index (χ3v) is 4.79. The maximum Gasteiger partial charge on any atom is 0.114 e. The lowest BCUT2D eigenvalue weighted by Gasteiger charge is -2.23. The highest BCUT2D eigenvalue weighted by Crippen LogP contribution is 2.37. The molecule has 1 heterocycles. The van der Waals surface area contributed by atoms with Crippen LogP contribution < -0.4 is 5.73 Å². The number of aryl methyl sites for hydroxylation is 1. The van der Waals surface area contributed by atoms with Crippen LogP contribution in [-0.4, -0.2) is 11.3 Å². The standard InChI is InChI=1S/C13H18N2OS/c1-10-12(4-7-16-10)17-8-5-11-3-2-6-13(11,15)9-14/h4,7,11H,2-3,5-6,8,15H2,1H3. The minimum Gasteiger partial charge on any atom is -0.468 e. The Labute approximate surface area is 106 Å². The topological polar surface area (TPSA) is 62.9 Å². The molecule has 0 saturated heterocycles. The number of nitrogens with zero attached hydrogens (tertiary/aromatic N) is 1. The van der Waals surface area contributed by atoms with Gasteiger partial charge in [0.25, 0.3) is 0 Å². The zero-order valence-electron chi connectivity index (χ0n) is 10.1. The van der Waals surface area contributed by atoms with Gasteiger partial charge in [0.1, 0.15) is 11.3 Å². The lowest BCUT2D eigenvalue weighted by Crippen LogP contribution is -2.41. The molecule has 0 radical (unpaired) electrons. The quantitative estimate of drug-likeness (QED) is 0.834. The van der Waals surface area contributed by atoms with Crippen molar-refractivity contribution in [1.82, 2.24) is 0 Å². The second-order valence-electron chi connectivity index (χ2n) is 4.72. The van der Waals surface area contributed by atoms with Crippen molar-refractivity contribution < 1.29 is 4.42 Å². The Balaban J connectivity index is 1.83. The smallest absolute Gasteiger partial charge is 0.114 e. The highest BCUT2D eigenvalue weighted by atomic mass is 32.2. The molecular formula is C13H18N2OS. The fraction of sp³-hybridized carbons (Fsp3) is 0.615. The Kier molecular flexibility index (Phi) is 3.80. The van der Waals surface area contributed by atoms with Crippen LogP contribution in [0.2, 0.25) is 0 Å². The molecule has 0 bridgehead atoms. The van der Waals surface area contributed by atoms with Gasteiger partial charge >= 0.3 is 0 Å². The van der Waals surface area contributed by atoms with E-state index in [-0.39, 0.29) is 0 Å². The third-order valence-electron chi connectivity index (χ3n) is 3.61. The van der Waals surface area contributed by atoms with Crippen LogP contribution in [0.1, 0.15) is 31.4 Å². The van der Waals surface area contributed by atoms with E-state index in [2.05, 4.69) is 6.07 Å². The summed E-state index contributed by atoms with van der Waals surface area (Å²) in [6.07, 6.45) is 5.76. The van der Waals surface area contributed by atoms with E-state index < -0.39 is 5.54 Å². The van der Waals surface area contributed by atoms with Gasteiger partial charge in [-0.2, -0.15) is 5.26 Å². The summed E-state index contributed by atoms with van der Waals surface area (Å²) in [7, 11) is 0. The Morgan fingerprint density at radius 2 is 2.53 bits per heavy atom. The molecule has 0 aliphatic heterocycles. The van der Waals surface area contributed by atoms with E-state index >= 15 is 0 Å². The van der Waals surface area contributed by atoms with Gasteiger partial charge in [-0.1, -0.05) is 6.42 Å². The number of nitrogens with two attached hydrogens (primary N) is 1. The van der Waals surface area contributed by atoms with E-state index in [1.807, 2.05) is 13.0 Å². The zero-order valence-corrected chi connectivity index (χ0v) is 10.9. The molecule has 0 amide bonds. The molecule has 17 heavy (non-hydrogen) atoms. The molecule has 1 aromatic heterocycles. The number of hydrogen-bond acceptors (Lipinski definition) is 4. The fourth-order valence-electron chi connectivity index (χ4n) is 2.49. The fourth-order valence-corrected chi connectivity index (χ4v) is 3.51. The largest absolute Gasteiger partial charge is 0.468 e. The predicted octanol–water partition coefficient (Wildman–Crippen LogP) is 3.09. The first-order valence-corrected chi connectivity index (χ1v) is 7.01. The average Bonchev–Trinajstić information content (AvgIpc) is 2.88. The first kappa shape index (κ1) is 12.5. The number of rotatable bonds is 4. The van der Waals surface area contributed by atoms with E-state index in [9.17, 15) is 0 Å². The maximum atomic E-state index is 9.13. The lowest BCUT2D eigenvalue weighted by molar-refractivity contribution is 0.389. The van der Waals surface area contributed by atoms with Crippen molar-refractivity contribution >= 4 is 11.8 Å². The summed E-state index contributed by atoms with van der Waals surface area (Å²) in [5, 5.41) is 9.13. The van der Waals surface area contributed by atoms with Gasteiger partial charge in [0.2, 0.25) is 0 Å². The third kappa shape index (κ3) is 2.67.